The molecule has 2 atom stereocenters. The van der Waals surface area contributed by atoms with Crippen molar-refractivity contribution in [3.63, 3.8) is 0 Å². The Morgan fingerprint density at radius 3 is 2.64 bits per heavy atom. The smallest absolute Gasteiger partial charge is 0.232 e. The van der Waals surface area contributed by atoms with E-state index in [4.69, 9.17) is 4.52 Å². The van der Waals surface area contributed by atoms with Crippen molar-refractivity contribution in [1.82, 2.24) is 29.8 Å². The standard InChI is InChI=1S/C25H26N6O2/c1-17-13-18(2)31(28-17)12-10-23(32)30-15-21(20-9-6-11-26-14-20)22(16-30)25-27-24(29-33-25)19-7-4-3-5-8-19/h3-9,11,13-14,21-22H,10,12,15-16H2,1-2H3. The quantitative estimate of drug-likeness (QED) is 0.452. The maximum Gasteiger partial charge on any atom is 0.232 e. The van der Waals surface area contributed by atoms with Crippen LogP contribution in [0.15, 0.2) is 65.4 Å². The first-order valence-corrected chi connectivity index (χ1v) is 11.2. The lowest BCUT2D eigenvalue weighted by Gasteiger charge is -2.16. The van der Waals surface area contributed by atoms with Crippen LogP contribution in [0, 0.1) is 13.8 Å². The molecule has 0 aliphatic carbocycles. The Bertz CT molecular complexity index is 1230. The minimum Gasteiger partial charge on any atom is -0.341 e. The van der Waals surface area contributed by atoms with Gasteiger partial charge in [0.05, 0.1) is 11.6 Å². The highest BCUT2D eigenvalue weighted by molar-refractivity contribution is 5.76. The lowest BCUT2D eigenvalue weighted by atomic mass is 9.90. The van der Waals surface area contributed by atoms with Crippen LogP contribution in [-0.4, -0.2) is 48.8 Å². The number of likely N-dealkylation sites (tertiary alicyclic amines) is 1. The molecule has 0 N–H and O–H groups in total. The molecule has 168 valence electrons. The molecule has 1 saturated heterocycles. The zero-order valence-corrected chi connectivity index (χ0v) is 18.8. The van der Waals surface area contributed by atoms with Gasteiger partial charge in [0, 0.05) is 55.6 Å². The Hall–Kier alpha value is -3.81. The molecule has 1 aliphatic rings. The average Bonchev–Trinajstić information content (AvgIpc) is 3.57. The Balaban J connectivity index is 1.36. The predicted octanol–water partition coefficient (Wildman–Crippen LogP) is 3.74. The van der Waals surface area contributed by atoms with Crippen molar-refractivity contribution in [3.05, 3.63) is 83.8 Å². The van der Waals surface area contributed by atoms with Crippen molar-refractivity contribution in [3.8, 4) is 11.4 Å². The van der Waals surface area contributed by atoms with Gasteiger partial charge in [-0.1, -0.05) is 41.6 Å². The largest absolute Gasteiger partial charge is 0.341 e. The average molecular weight is 443 g/mol. The van der Waals surface area contributed by atoms with Gasteiger partial charge in [-0.2, -0.15) is 10.1 Å². The van der Waals surface area contributed by atoms with Crippen LogP contribution in [0.4, 0.5) is 0 Å². The van der Waals surface area contributed by atoms with Gasteiger partial charge in [0.15, 0.2) is 0 Å². The van der Waals surface area contributed by atoms with Crippen LogP contribution in [0.3, 0.4) is 0 Å². The van der Waals surface area contributed by atoms with Gasteiger partial charge in [0.2, 0.25) is 17.6 Å². The predicted molar refractivity (Wildman–Crippen MR) is 122 cm³/mol. The van der Waals surface area contributed by atoms with Crippen molar-refractivity contribution in [2.24, 2.45) is 0 Å². The monoisotopic (exact) mass is 442 g/mol. The number of pyridine rings is 1. The van der Waals surface area contributed by atoms with Crippen LogP contribution < -0.4 is 0 Å². The first kappa shape index (κ1) is 21.1. The minimum absolute atomic E-state index is 0.0420. The van der Waals surface area contributed by atoms with Gasteiger partial charge in [-0.15, -0.1) is 0 Å². The van der Waals surface area contributed by atoms with Gasteiger partial charge < -0.3 is 9.42 Å². The number of rotatable bonds is 6. The Morgan fingerprint density at radius 2 is 1.91 bits per heavy atom. The summed E-state index contributed by atoms with van der Waals surface area (Å²) in [5, 5.41) is 8.67. The summed E-state index contributed by atoms with van der Waals surface area (Å²) in [5.41, 5.74) is 3.99. The summed E-state index contributed by atoms with van der Waals surface area (Å²) in [6.45, 7) is 5.66. The fourth-order valence-electron chi connectivity index (χ4n) is 4.54. The molecule has 1 aliphatic heterocycles. The van der Waals surface area contributed by atoms with Gasteiger partial charge in [-0.25, -0.2) is 0 Å². The van der Waals surface area contributed by atoms with E-state index in [0.29, 0.717) is 37.8 Å². The van der Waals surface area contributed by atoms with Crippen LogP contribution >= 0.6 is 0 Å². The van der Waals surface area contributed by atoms with Crippen LogP contribution in [0.2, 0.25) is 0 Å². The number of nitrogens with zero attached hydrogens (tertiary/aromatic N) is 6. The van der Waals surface area contributed by atoms with Gasteiger partial charge >= 0.3 is 0 Å². The highest BCUT2D eigenvalue weighted by Crippen LogP contribution is 2.39. The maximum atomic E-state index is 13.1. The minimum atomic E-state index is -0.0863. The first-order chi connectivity index (χ1) is 16.1. The molecule has 33 heavy (non-hydrogen) atoms. The zero-order chi connectivity index (χ0) is 22.8. The molecule has 8 heteroatoms. The van der Waals surface area contributed by atoms with Crippen LogP contribution in [0.5, 0.6) is 0 Å². The lowest BCUT2D eigenvalue weighted by Crippen LogP contribution is -2.29. The Kier molecular flexibility index (Phi) is 5.73. The third-order valence-electron chi connectivity index (χ3n) is 6.22. The molecule has 0 saturated carbocycles. The van der Waals surface area contributed by atoms with Crippen LogP contribution in [0.1, 0.15) is 41.1 Å². The molecule has 1 aromatic carbocycles. The van der Waals surface area contributed by atoms with E-state index >= 15 is 0 Å². The molecule has 5 rings (SSSR count). The summed E-state index contributed by atoms with van der Waals surface area (Å²) in [6, 6.07) is 15.7. The summed E-state index contributed by atoms with van der Waals surface area (Å²) in [6.07, 6.45) is 4.01. The van der Waals surface area contributed by atoms with E-state index in [1.807, 2.05) is 78.2 Å². The molecular formula is C25H26N6O2. The summed E-state index contributed by atoms with van der Waals surface area (Å²) < 4.78 is 7.59. The first-order valence-electron chi connectivity index (χ1n) is 11.2. The van der Waals surface area contributed by atoms with E-state index in [2.05, 4.69) is 20.2 Å². The third-order valence-corrected chi connectivity index (χ3v) is 6.22. The summed E-state index contributed by atoms with van der Waals surface area (Å²) >= 11 is 0. The molecule has 8 nitrogen and oxygen atoms in total. The molecule has 0 spiro atoms. The highest BCUT2D eigenvalue weighted by Gasteiger charge is 2.40. The van der Waals surface area contributed by atoms with E-state index in [0.717, 1.165) is 22.5 Å². The third kappa shape index (κ3) is 4.41. The molecule has 1 fully saturated rings. The molecule has 0 bridgehead atoms. The molecule has 0 radical (unpaired) electrons. The van der Waals surface area contributed by atoms with Crippen LogP contribution in [-0.2, 0) is 11.3 Å². The number of carbonyl (C=O) groups excluding carboxylic acids is 1. The Morgan fingerprint density at radius 1 is 1.09 bits per heavy atom. The molecular weight excluding hydrogens is 416 g/mol. The van der Waals surface area contributed by atoms with E-state index in [9.17, 15) is 4.79 Å². The lowest BCUT2D eigenvalue weighted by molar-refractivity contribution is -0.130. The maximum absolute atomic E-state index is 13.1. The number of benzene rings is 1. The summed E-state index contributed by atoms with van der Waals surface area (Å²) in [4.78, 5) is 24.0. The Labute approximate surface area is 192 Å². The number of aryl methyl sites for hydroxylation is 3. The van der Waals surface area contributed by atoms with E-state index < -0.39 is 0 Å². The molecule has 4 heterocycles. The van der Waals surface area contributed by atoms with Gasteiger partial charge in [-0.3, -0.25) is 14.5 Å². The molecule has 3 aromatic heterocycles. The van der Waals surface area contributed by atoms with E-state index in [1.54, 1.807) is 6.20 Å². The second-order valence-electron chi connectivity index (χ2n) is 8.52. The molecule has 1 amide bonds. The number of hydrogen-bond acceptors (Lipinski definition) is 6. The number of aromatic nitrogens is 5. The van der Waals surface area contributed by atoms with Crippen LogP contribution in [0.25, 0.3) is 11.4 Å². The molecule has 4 aromatic rings. The topological polar surface area (TPSA) is 89.9 Å². The second-order valence-corrected chi connectivity index (χ2v) is 8.52. The van der Waals surface area contributed by atoms with Gasteiger partial charge in [-0.05, 0) is 31.5 Å². The van der Waals surface area contributed by atoms with E-state index in [-0.39, 0.29) is 17.7 Å². The van der Waals surface area contributed by atoms with Crippen molar-refractivity contribution in [2.45, 2.75) is 38.6 Å². The highest BCUT2D eigenvalue weighted by atomic mass is 16.5. The van der Waals surface area contributed by atoms with Crippen molar-refractivity contribution in [1.29, 1.82) is 0 Å². The summed E-state index contributed by atoms with van der Waals surface area (Å²) in [5.74, 6) is 1.17. The fourth-order valence-corrected chi connectivity index (χ4v) is 4.54. The SMILES string of the molecule is Cc1cc(C)n(CCC(=O)N2CC(c3cccnc3)C(c3nc(-c4ccccc4)no3)C2)n1. The van der Waals surface area contributed by atoms with Crippen molar-refractivity contribution in [2.75, 3.05) is 13.1 Å². The van der Waals surface area contributed by atoms with Crippen molar-refractivity contribution >= 4 is 5.91 Å². The van der Waals surface area contributed by atoms with E-state index in [1.165, 1.54) is 0 Å². The number of amides is 1. The number of hydrogen-bond donors (Lipinski definition) is 0. The summed E-state index contributed by atoms with van der Waals surface area (Å²) in [7, 11) is 0. The second kappa shape index (κ2) is 8.97. The zero-order valence-electron chi connectivity index (χ0n) is 18.8. The molecule has 2 unspecified atom stereocenters. The van der Waals surface area contributed by atoms with Gasteiger partial charge in [0.1, 0.15) is 0 Å². The van der Waals surface area contributed by atoms with Crippen molar-refractivity contribution < 1.29 is 9.32 Å². The fraction of sp³-hybridized carbons (Fsp3) is 0.320. The van der Waals surface area contributed by atoms with Gasteiger partial charge in [0.25, 0.3) is 0 Å². The number of carbonyl (C=O) groups is 1. The normalized spacial score (nSPS) is 18.1.